The van der Waals surface area contributed by atoms with Gasteiger partial charge in [-0.1, -0.05) is 54.6 Å². The molecular weight excluding hydrogens is 450 g/mol. The summed E-state index contributed by atoms with van der Waals surface area (Å²) in [7, 11) is 3.25. The Morgan fingerprint density at radius 3 is 2.53 bits per heavy atom. The zero-order valence-electron chi connectivity index (χ0n) is 20.5. The first-order valence-corrected chi connectivity index (χ1v) is 11.7. The standard InChI is InChI=1S/C31H27NO4/c1-20(14-31(33)32-18-21-8-6-11-23(15-21)34-2)26-16-27-28(19-36-30(27)17-29(26)35-3)25-13-7-10-22-9-4-5-12-24(22)25/h4-17,19H,18H2,1-3H3,(H,32,33)/b20-14+. The van der Waals surface area contributed by atoms with Crippen LogP contribution in [0.3, 0.4) is 0 Å². The second-order valence-electron chi connectivity index (χ2n) is 8.62. The zero-order chi connectivity index (χ0) is 25.1. The third-order valence-electron chi connectivity index (χ3n) is 6.35. The van der Waals surface area contributed by atoms with Crippen LogP contribution < -0.4 is 14.8 Å². The predicted molar refractivity (Wildman–Crippen MR) is 144 cm³/mol. The molecular formula is C31H27NO4. The fourth-order valence-corrected chi connectivity index (χ4v) is 4.50. The van der Waals surface area contributed by atoms with Gasteiger partial charge in [-0.05, 0) is 52.6 Å². The minimum Gasteiger partial charge on any atom is -0.497 e. The third kappa shape index (κ3) is 4.56. The number of carbonyl (C=O) groups excluding carboxylic acids is 1. The summed E-state index contributed by atoms with van der Waals surface area (Å²) in [5.74, 6) is 1.23. The van der Waals surface area contributed by atoms with Gasteiger partial charge in [-0.3, -0.25) is 4.79 Å². The van der Waals surface area contributed by atoms with Crippen LogP contribution in [0.15, 0.2) is 95.6 Å². The van der Waals surface area contributed by atoms with Crippen LogP contribution in [-0.4, -0.2) is 20.1 Å². The average Bonchev–Trinajstić information content (AvgIpc) is 3.33. The normalized spacial score (nSPS) is 11.6. The molecule has 0 radical (unpaired) electrons. The Kier molecular flexibility index (Phi) is 6.46. The van der Waals surface area contributed by atoms with E-state index in [1.54, 1.807) is 26.6 Å². The number of methoxy groups -OCH3 is 2. The maximum atomic E-state index is 12.7. The summed E-state index contributed by atoms with van der Waals surface area (Å²) in [5, 5.41) is 6.24. The van der Waals surface area contributed by atoms with Gasteiger partial charge in [0.15, 0.2) is 0 Å². The summed E-state index contributed by atoms with van der Waals surface area (Å²) in [6.07, 6.45) is 3.39. The maximum absolute atomic E-state index is 12.7. The Morgan fingerprint density at radius 1 is 0.889 bits per heavy atom. The van der Waals surface area contributed by atoms with Gasteiger partial charge in [-0.2, -0.15) is 0 Å². The number of allylic oxidation sites excluding steroid dienone is 1. The monoisotopic (exact) mass is 477 g/mol. The number of carbonyl (C=O) groups is 1. The molecule has 0 aliphatic heterocycles. The van der Waals surface area contributed by atoms with E-state index >= 15 is 0 Å². The molecule has 1 amide bonds. The molecule has 5 aromatic rings. The molecule has 180 valence electrons. The van der Waals surface area contributed by atoms with Crippen LogP contribution in [0.25, 0.3) is 38.4 Å². The van der Waals surface area contributed by atoms with Gasteiger partial charge in [0.1, 0.15) is 17.1 Å². The van der Waals surface area contributed by atoms with E-state index in [2.05, 4.69) is 35.6 Å². The number of fused-ring (bicyclic) bond motifs is 2. The predicted octanol–water partition coefficient (Wildman–Crippen LogP) is 6.99. The van der Waals surface area contributed by atoms with Crippen LogP contribution in [0.1, 0.15) is 18.1 Å². The van der Waals surface area contributed by atoms with Gasteiger partial charge in [0, 0.05) is 35.2 Å². The van der Waals surface area contributed by atoms with E-state index in [0.29, 0.717) is 12.3 Å². The first-order chi connectivity index (χ1) is 17.6. The highest BCUT2D eigenvalue weighted by molar-refractivity contribution is 6.06. The van der Waals surface area contributed by atoms with Crippen molar-refractivity contribution in [2.45, 2.75) is 13.5 Å². The minimum absolute atomic E-state index is 0.182. The second kappa shape index (κ2) is 10.0. The number of benzene rings is 4. The van der Waals surface area contributed by atoms with Crippen LogP contribution >= 0.6 is 0 Å². The number of hydrogen-bond acceptors (Lipinski definition) is 4. The average molecular weight is 478 g/mol. The Bertz CT molecular complexity index is 1590. The molecule has 0 atom stereocenters. The van der Waals surface area contributed by atoms with Crippen molar-refractivity contribution in [3.8, 4) is 22.6 Å². The van der Waals surface area contributed by atoms with Crippen molar-refractivity contribution < 1.29 is 18.7 Å². The summed E-state index contributed by atoms with van der Waals surface area (Å²) in [4.78, 5) is 12.7. The number of ether oxygens (including phenoxy) is 2. The first kappa shape index (κ1) is 23.2. The molecule has 0 aliphatic rings. The Labute approximate surface area is 210 Å². The first-order valence-electron chi connectivity index (χ1n) is 11.7. The van der Waals surface area contributed by atoms with Crippen molar-refractivity contribution in [1.82, 2.24) is 5.32 Å². The summed E-state index contributed by atoms with van der Waals surface area (Å²) < 4.78 is 16.8. The number of nitrogens with one attached hydrogen (secondary N) is 1. The number of furan rings is 1. The molecule has 4 aromatic carbocycles. The Morgan fingerprint density at radius 2 is 1.69 bits per heavy atom. The molecule has 0 fully saturated rings. The van der Waals surface area contributed by atoms with Crippen LogP contribution in [0.4, 0.5) is 0 Å². The van der Waals surface area contributed by atoms with E-state index in [1.165, 1.54) is 5.39 Å². The highest BCUT2D eigenvalue weighted by Gasteiger charge is 2.16. The molecule has 36 heavy (non-hydrogen) atoms. The molecule has 0 spiro atoms. The lowest BCUT2D eigenvalue weighted by molar-refractivity contribution is -0.116. The Hall–Kier alpha value is -4.51. The highest BCUT2D eigenvalue weighted by Crippen LogP contribution is 2.39. The molecule has 0 bridgehead atoms. The van der Waals surface area contributed by atoms with Gasteiger partial charge in [0.25, 0.3) is 0 Å². The molecule has 1 aromatic heterocycles. The number of amides is 1. The van der Waals surface area contributed by atoms with Gasteiger partial charge < -0.3 is 19.2 Å². The van der Waals surface area contributed by atoms with Gasteiger partial charge in [0.05, 0.1) is 20.5 Å². The van der Waals surface area contributed by atoms with Crippen LogP contribution in [0.2, 0.25) is 0 Å². The van der Waals surface area contributed by atoms with E-state index in [-0.39, 0.29) is 5.91 Å². The lowest BCUT2D eigenvalue weighted by atomic mass is 9.96. The van der Waals surface area contributed by atoms with E-state index in [1.807, 2.05) is 55.5 Å². The topological polar surface area (TPSA) is 60.7 Å². The zero-order valence-corrected chi connectivity index (χ0v) is 20.5. The number of hydrogen-bond donors (Lipinski definition) is 1. The van der Waals surface area contributed by atoms with Crippen molar-refractivity contribution in [3.63, 3.8) is 0 Å². The van der Waals surface area contributed by atoms with Crippen molar-refractivity contribution >= 4 is 33.2 Å². The van der Waals surface area contributed by atoms with Gasteiger partial charge in [-0.15, -0.1) is 0 Å². The Balaban J connectivity index is 1.48. The maximum Gasteiger partial charge on any atom is 0.244 e. The van der Waals surface area contributed by atoms with Crippen LogP contribution in [-0.2, 0) is 11.3 Å². The van der Waals surface area contributed by atoms with E-state index in [9.17, 15) is 4.79 Å². The van der Waals surface area contributed by atoms with Gasteiger partial charge in [0.2, 0.25) is 5.91 Å². The largest absolute Gasteiger partial charge is 0.497 e. The SMILES string of the molecule is COc1cccc(CNC(=O)/C=C(\C)c2cc3c(-c4cccc5ccccc45)coc3cc2OC)c1. The quantitative estimate of drug-likeness (QED) is 0.257. The lowest BCUT2D eigenvalue weighted by Gasteiger charge is -2.11. The van der Waals surface area contributed by atoms with Crippen LogP contribution in [0.5, 0.6) is 11.5 Å². The molecule has 5 nitrogen and oxygen atoms in total. The highest BCUT2D eigenvalue weighted by atomic mass is 16.5. The van der Waals surface area contributed by atoms with E-state index in [4.69, 9.17) is 13.9 Å². The van der Waals surface area contributed by atoms with Crippen molar-refractivity contribution in [2.24, 2.45) is 0 Å². The summed E-state index contributed by atoms with van der Waals surface area (Å²) in [6, 6.07) is 26.1. The molecule has 1 N–H and O–H groups in total. The fraction of sp³-hybridized carbons (Fsp3) is 0.129. The summed E-state index contributed by atoms with van der Waals surface area (Å²) in [5.41, 5.74) is 5.42. The lowest BCUT2D eigenvalue weighted by Crippen LogP contribution is -2.20. The van der Waals surface area contributed by atoms with Crippen molar-refractivity contribution in [1.29, 1.82) is 0 Å². The molecule has 0 aliphatic carbocycles. The van der Waals surface area contributed by atoms with E-state index < -0.39 is 0 Å². The number of rotatable bonds is 7. The molecule has 0 unspecified atom stereocenters. The van der Waals surface area contributed by atoms with Crippen LogP contribution in [0, 0.1) is 0 Å². The smallest absolute Gasteiger partial charge is 0.244 e. The summed E-state index contributed by atoms with van der Waals surface area (Å²) >= 11 is 0. The molecule has 5 rings (SSSR count). The van der Waals surface area contributed by atoms with E-state index in [0.717, 1.165) is 49.9 Å². The molecule has 5 heteroatoms. The third-order valence-corrected chi connectivity index (χ3v) is 6.35. The van der Waals surface area contributed by atoms with Crippen molar-refractivity contribution in [3.05, 3.63) is 102 Å². The van der Waals surface area contributed by atoms with Crippen molar-refractivity contribution in [2.75, 3.05) is 14.2 Å². The van der Waals surface area contributed by atoms with Gasteiger partial charge >= 0.3 is 0 Å². The summed E-state index contributed by atoms with van der Waals surface area (Å²) in [6.45, 7) is 2.31. The molecule has 0 saturated carbocycles. The molecule has 1 heterocycles. The fourth-order valence-electron chi connectivity index (χ4n) is 4.50. The minimum atomic E-state index is -0.182. The molecule has 0 saturated heterocycles. The second-order valence-corrected chi connectivity index (χ2v) is 8.62. The van der Waals surface area contributed by atoms with Gasteiger partial charge in [-0.25, -0.2) is 0 Å².